The molecule has 0 aromatic heterocycles. The topological polar surface area (TPSA) is 73.0 Å². The third kappa shape index (κ3) is 6.06. The first-order chi connectivity index (χ1) is 17.7. The molecule has 9 heteroatoms. The SMILES string of the molecule is CC(C)(C)CCN1C(=O)C(CC(=O)N2CCC(N3Cc4ccccc4NC3=O)CC2)[I-]C12CC[I-]CC2. The fourth-order valence-corrected chi connectivity index (χ4v) is 15.6. The van der Waals surface area contributed by atoms with Crippen molar-refractivity contribution >= 4 is 23.5 Å². The fourth-order valence-electron chi connectivity index (χ4n) is 5.85. The van der Waals surface area contributed by atoms with Crippen LogP contribution in [0.5, 0.6) is 0 Å². The molecule has 206 valence electrons. The molecule has 4 aliphatic rings. The van der Waals surface area contributed by atoms with Crippen molar-refractivity contribution in [3.05, 3.63) is 29.8 Å². The zero-order chi connectivity index (χ0) is 26.2. The van der Waals surface area contributed by atoms with E-state index < -0.39 is 0 Å². The Balaban J connectivity index is 1.18. The van der Waals surface area contributed by atoms with Gasteiger partial charge in [0, 0.05) is 0 Å². The summed E-state index contributed by atoms with van der Waals surface area (Å²) in [6, 6.07) is 8.05. The number of carbonyl (C=O) groups excluding carboxylic acids is 3. The van der Waals surface area contributed by atoms with E-state index in [0.29, 0.717) is 47.3 Å². The van der Waals surface area contributed by atoms with Crippen LogP contribution in [-0.2, 0) is 16.1 Å². The Bertz CT molecular complexity index is 1030. The molecule has 4 amide bonds. The molecule has 0 aliphatic carbocycles. The van der Waals surface area contributed by atoms with Crippen molar-refractivity contribution in [1.82, 2.24) is 14.7 Å². The monoisotopic (exact) mass is 734 g/mol. The Labute approximate surface area is 242 Å². The zero-order valence-electron chi connectivity index (χ0n) is 22.3. The maximum absolute atomic E-state index is 13.7. The first-order valence-electron chi connectivity index (χ1n) is 13.6. The molecule has 0 bridgehead atoms. The van der Waals surface area contributed by atoms with Gasteiger partial charge < -0.3 is 0 Å². The predicted molar refractivity (Wildman–Crippen MR) is 136 cm³/mol. The number of benzene rings is 1. The van der Waals surface area contributed by atoms with E-state index in [9.17, 15) is 14.4 Å². The van der Waals surface area contributed by atoms with Gasteiger partial charge in [-0.15, -0.1) is 0 Å². The van der Waals surface area contributed by atoms with E-state index in [4.69, 9.17) is 0 Å². The quantitative estimate of drug-likeness (QED) is 0.211. The number of carbonyl (C=O) groups is 3. The fraction of sp³-hybridized carbons (Fsp3) is 0.679. The number of hydrogen-bond donors (Lipinski definition) is 1. The molecular weight excluding hydrogens is 694 g/mol. The van der Waals surface area contributed by atoms with Crippen molar-refractivity contribution < 1.29 is 56.8 Å². The number of piperidine rings is 1. The van der Waals surface area contributed by atoms with Crippen LogP contribution in [0.2, 0.25) is 0 Å². The summed E-state index contributed by atoms with van der Waals surface area (Å²) in [4.78, 5) is 45.9. The van der Waals surface area contributed by atoms with Crippen LogP contribution in [0.4, 0.5) is 10.5 Å². The van der Waals surface area contributed by atoms with E-state index in [1.165, 1.54) is 21.7 Å². The first kappa shape index (κ1) is 27.5. The molecule has 3 saturated heterocycles. The number of halogens is 2. The Kier molecular flexibility index (Phi) is 8.29. The van der Waals surface area contributed by atoms with E-state index in [0.717, 1.165) is 37.1 Å². The number of rotatable bonds is 5. The van der Waals surface area contributed by atoms with Crippen molar-refractivity contribution in [1.29, 1.82) is 0 Å². The molecule has 1 aromatic rings. The van der Waals surface area contributed by atoms with Gasteiger partial charge in [0.1, 0.15) is 0 Å². The summed E-state index contributed by atoms with van der Waals surface area (Å²) in [5.74, 6) is 0.407. The van der Waals surface area contributed by atoms with Gasteiger partial charge >= 0.3 is 237 Å². The Morgan fingerprint density at radius 2 is 1.81 bits per heavy atom. The average molecular weight is 734 g/mol. The molecule has 4 heterocycles. The predicted octanol–water partition coefficient (Wildman–Crippen LogP) is -2.27. The number of amides is 4. The van der Waals surface area contributed by atoms with Crippen LogP contribution in [0.15, 0.2) is 24.3 Å². The van der Waals surface area contributed by atoms with Crippen LogP contribution in [-0.4, -0.2) is 74.5 Å². The molecule has 1 N–H and O–H groups in total. The molecule has 4 aliphatic heterocycles. The van der Waals surface area contributed by atoms with Gasteiger partial charge in [-0.25, -0.2) is 0 Å². The number of hydrogen-bond acceptors (Lipinski definition) is 3. The number of alkyl halides is 4. The van der Waals surface area contributed by atoms with Crippen molar-refractivity contribution in [2.75, 3.05) is 33.8 Å². The van der Waals surface area contributed by atoms with Crippen LogP contribution < -0.4 is 47.7 Å². The number of urea groups is 1. The molecule has 1 spiro atoms. The van der Waals surface area contributed by atoms with Crippen molar-refractivity contribution in [3.8, 4) is 0 Å². The zero-order valence-corrected chi connectivity index (χ0v) is 26.6. The van der Waals surface area contributed by atoms with Gasteiger partial charge in [0.15, 0.2) is 0 Å². The first-order valence-corrected chi connectivity index (χ1v) is 19.0. The number of anilines is 1. The summed E-state index contributed by atoms with van der Waals surface area (Å²) in [6.07, 6.45) is 5.35. The molecule has 0 radical (unpaired) electrons. The number of para-hydroxylation sites is 1. The van der Waals surface area contributed by atoms with Crippen LogP contribution in [0.1, 0.15) is 64.9 Å². The van der Waals surface area contributed by atoms with Gasteiger partial charge in [-0.3, -0.25) is 0 Å². The summed E-state index contributed by atoms with van der Waals surface area (Å²) >= 11 is -0.0782. The molecule has 37 heavy (non-hydrogen) atoms. The van der Waals surface area contributed by atoms with Gasteiger partial charge in [-0.2, -0.15) is 0 Å². The van der Waals surface area contributed by atoms with Crippen LogP contribution >= 0.6 is 0 Å². The molecular formula is C28H40I2N4O3-2. The van der Waals surface area contributed by atoms with E-state index in [1.807, 2.05) is 28.0 Å². The van der Waals surface area contributed by atoms with Crippen molar-refractivity contribution in [2.24, 2.45) is 5.41 Å². The van der Waals surface area contributed by atoms with E-state index >= 15 is 0 Å². The van der Waals surface area contributed by atoms with Gasteiger partial charge in [-0.1, -0.05) is 6.07 Å². The molecule has 1 atom stereocenters. The van der Waals surface area contributed by atoms with Crippen LogP contribution in [0.25, 0.3) is 0 Å². The third-order valence-electron chi connectivity index (χ3n) is 8.13. The third-order valence-corrected chi connectivity index (χ3v) is 15.3. The normalized spacial score (nSPS) is 24.8. The Morgan fingerprint density at radius 3 is 2.51 bits per heavy atom. The standard InChI is InChI=1S/C28H40I2N4O3/c1-27(2,3)12-17-34-25(36)22(30-28(34)10-13-29-14-11-28)18-24(35)32-15-8-21(9-16-32)33-19-20-6-4-5-7-23(20)31-26(33)37/h4-7,21-22H,8-19H2,1-3H3,(H,31,37)/q-2. The maximum atomic E-state index is 13.7. The van der Waals surface area contributed by atoms with Crippen LogP contribution in [0, 0.1) is 5.41 Å². The summed E-state index contributed by atoms with van der Waals surface area (Å²) in [6.45, 7) is 9.54. The van der Waals surface area contributed by atoms with E-state index in [2.05, 4.69) is 37.1 Å². The molecule has 1 unspecified atom stereocenters. The van der Waals surface area contributed by atoms with Crippen molar-refractivity contribution in [3.63, 3.8) is 0 Å². The summed E-state index contributed by atoms with van der Waals surface area (Å²) in [5.41, 5.74) is 2.24. The minimum absolute atomic E-state index is 0.0414. The van der Waals surface area contributed by atoms with Crippen molar-refractivity contribution in [2.45, 2.75) is 79.4 Å². The van der Waals surface area contributed by atoms with Gasteiger partial charge in [0.25, 0.3) is 0 Å². The Hall–Kier alpha value is -1.11. The molecule has 1 aromatic carbocycles. The number of fused-ring (bicyclic) bond motifs is 1. The van der Waals surface area contributed by atoms with Crippen LogP contribution in [0.3, 0.4) is 0 Å². The second-order valence-electron chi connectivity index (χ2n) is 11.9. The number of nitrogens with one attached hydrogen (secondary N) is 1. The second kappa shape index (κ2) is 11.2. The van der Waals surface area contributed by atoms with E-state index in [1.54, 1.807) is 0 Å². The van der Waals surface area contributed by atoms with Gasteiger partial charge in [0.2, 0.25) is 0 Å². The second-order valence-corrected chi connectivity index (χ2v) is 19.3. The molecule has 7 nitrogen and oxygen atoms in total. The molecule has 3 fully saturated rings. The minimum atomic E-state index is -0.383. The summed E-state index contributed by atoms with van der Waals surface area (Å²) in [7, 11) is 0. The number of nitrogens with zero attached hydrogens (tertiary/aromatic N) is 3. The van der Waals surface area contributed by atoms with Gasteiger partial charge in [0.05, 0.1) is 0 Å². The summed E-state index contributed by atoms with van der Waals surface area (Å²) < 4.78 is 2.68. The summed E-state index contributed by atoms with van der Waals surface area (Å²) in [5, 5.41) is 3.02. The molecule has 5 rings (SSSR count). The Morgan fingerprint density at radius 1 is 1.11 bits per heavy atom. The number of likely N-dealkylation sites (tertiary alicyclic amines) is 1. The molecule has 0 saturated carbocycles. The van der Waals surface area contributed by atoms with Gasteiger partial charge in [-0.05, 0) is 0 Å². The van der Waals surface area contributed by atoms with E-state index in [-0.39, 0.29) is 58.0 Å². The average Bonchev–Trinajstić information content (AvgIpc) is 3.11.